The van der Waals surface area contributed by atoms with E-state index in [1.54, 1.807) is 67.8 Å². The van der Waals surface area contributed by atoms with Crippen molar-refractivity contribution < 1.29 is 32.2 Å². The van der Waals surface area contributed by atoms with Gasteiger partial charge in [-0.25, -0.2) is 9.93 Å². The molecule has 0 atom stereocenters. The topological polar surface area (TPSA) is 155 Å². The first-order valence-electron chi connectivity index (χ1n) is 12.8. The number of hydrogen-bond acceptors (Lipinski definition) is 9. The van der Waals surface area contributed by atoms with Crippen LogP contribution in [0.3, 0.4) is 0 Å². The molecule has 41 heavy (non-hydrogen) atoms. The van der Waals surface area contributed by atoms with E-state index in [-0.39, 0.29) is 5.92 Å². The normalized spacial score (nSPS) is 14.4. The fraction of sp³-hybridized carbons (Fsp3) is 0.250. The standard InChI is InChI=1S/C28H29N5O7S/c1-37-25-15-23-24(16-26(25)38-18-19-11-13-33(14-12-19)41(29,35)36)32-30-17-27(23)39-22-9-7-20(8-10-22)31-28(34)40-21-5-3-2-4-6-21/h2-10,15-17,19H,11-14,18H2,1H3,(H,31,34)(H2,29,35,36). The number of rotatable bonds is 9. The van der Waals surface area contributed by atoms with Crippen molar-refractivity contribution in [3.05, 3.63) is 72.9 Å². The van der Waals surface area contributed by atoms with Crippen LogP contribution in [0.1, 0.15) is 12.8 Å². The summed E-state index contributed by atoms with van der Waals surface area (Å²) >= 11 is 0. The molecule has 1 amide bonds. The van der Waals surface area contributed by atoms with Crippen LogP contribution in [0.2, 0.25) is 0 Å². The number of methoxy groups -OCH3 is 1. The van der Waals surface area contributed by atoms with Crippen molar-refractivity contribution in [1.29, 1.82) is 0 Å². The van der Waals surface area contributed by atoms with E-state index in [0.717, 1.165) is 0 Å². The van der Waals surface area contributed by atoms with Crippen molar-refractivity contribution >= 4 is 32.9 Å². The number of anilines is 1. The number of para-hydroxylation sites is 1. The van der Waals surface area contributed by atoms with E-state index in [9.17, 15) is 13.2 Å². The maximum Gasteiger partial charge on any atom is 0.417 e. The second kappa shape index (κ2) is 12.4. The van der Waals surface area contributed by atoms with Crippen molar-refractivity contribution in [1.82, 2.24) is 14.5 Å². The fourth-order valence-corrected chi connectivity index (χ4v) is 5.13. The SMILES string of the molecule is COc1cc2c(Oc3ccc(NC(=O)Oc4ccccc4)cc3)cnnc2cc1OCC1CCN(S(N)(=O)=O)CC1. The number of piperidine rings is 1. The van der Waals surface area contributed by atoms with Crippen LogP contribution in [-0.2, 0) is 10.2 Å². The average molecular weight is 580 g/mol. The van der Waals surface area contributed by atoms with E-state index in [4.69, 9.17) is 24.1 Å². The van der Waals surface area contributed by atoms with Crippen LogP contribution in [-0.4, -0.2) is 55.8 Å². The lowest BCUT2D eigenvalue weighted by atomic mass is 9.99. The zero-order valence-electron chi connectivity index (χ0n) is 22.2. The maximum atomic E-state index is 12.1. The minimum atomic E-state index is -3.67. The molecular weight excluding hydrogens is 550 g/mol. The maximum absolute atomic E-state index is 12.1. The highest BCUT2D eigenvalue weighted by Crippen LogP contribution is 2.37. The molecule has 1 fully saturated rings. The number of hydrogen-bond donors (Lipinski definition) is 2. The van der Waals surface area contributed by atoms with Crippen molar-refractivity contribution in [2.45, 2.75) is 12.8 Å². The highest BCUT2D eigenvalue weighted by atomic mass is 32.2. The molecule has 1 aliphatic rings. The summed E-state index contributed by atoms with van der Waals surface area (Å²) in [5, 5.41) is 16.8. The Morgan fingerprint density at radius 1 is 1.00 bits per heavy atom. The Hall–Kier alpha value is -4.46. The molecule has 0 unspecified atom stereocenters. The van der Waals surface area contributed by atoms with E-state index >= 15 is 0 Å². The molecule has 1 aromatic heterocycles. The number of carbonyl (C=O) groups excluding carboxylic acids is 1. The summed E-state index contributed by atoms with van der Waals surface area (Å²) < 4.78 is 47.3. The average Bonchev–Trinajstić information content (AvgIpc) is 2.97. The summed E-state index contributed by atoms with van der Waals surface area (Å²) in [4.78, 5) is 12.1. The monoisotopic (exact) mass is 579 g/mol. The zero-order valence-corrected chi connectivity index (χ0v) is 23.0. The third kappa shape index (κ3) is 7.20. The van der Waals surface area contributed by atoms with Gasteiger partial charge in [-0.3, -0.25) is 5.32 Å². The zero-order chi connectivity index (χ0) is 28.8. The summed E-state index contributed by atoms with van der Waals surface area (Å²) in [6.45, 7) is 1.12. The summed E-state index contributed by atoms with van der Waals surface area (Å²) in [6, 6.07) is 19.1. The number of nitrogens with zero attached hydrogens (tertiary/aromatic N) is 3. The minimum absolute atomic E-state index is 0.173. The Kier molecular flexibility index (Phi) is 8.47. The number of ether oxygens (including phenoxy) is 4. The molecule has 0 aliphatic carbocycles. The van der Waals surface area contributed by atoms with E-state index < -0.39 is 16.3 Å². The van der Waals surface area contributed by atoms with Crippen LogP contribution < -0.4 is 29.4 Å². The predicted molar refractivity (Wildman–Crippen MR) is 152 cm³/mol. The lowest BCUT2D eigenvalue weighted by molar-refractivity contribution is 0.181. The van der Waals surface area contributed by atoms with Gasteiger partial charge in [-0.05, 0) is 61.2 Å². The summed E-state index contributed by atoms with van der Waals surface area (Å²) in [6.07, 6.45) is 2.19. The number of benzene rings is 3. The third-order valence-corrected chi connectivity index (χ3v) is 7.66. The molecule has 5 rings (SSSR count). The highest BCUT2D eigenvalue weighted by Gasteiger charge is 2.26. The van der Waals surface area contributed by atoms with Gasteiger partial charge in [0.25, 0.3) is 10.2 Å². The molecule has 12 nitrogen and oxygen atoms in total. The number of aromatic nitrogens is 2. The summed E-state index contributed by atoms with van der Waals surface area (Å²) in [7, 11) is -2.13. The van der Waals surface area contributed by atoms with Gasteiger partial charge in [-0.1, -0.05) is 18.2 Å². The van der Waals surface area contributed by atoms with Crippen LogP contribution in [0.25, 0.3) is 10.9 Å². The van der Waals surface area contributed by atoms with E-state index in [1.165, 1.54) is 10.5 Å². The first-order valence-corrected chi connectivity index (χ1v) is 14.3. The molecule has 0 radical (unpaired) electrons. The smallest absolute Gasteiger partial charge is 0.417 e. The van der Waals surface area contributed by atoms with Gasteiger partial charge in [0.2, 0.25) is 0 Å². The van der Waals surface area contributed by atoms with Crippen LogP contribution in [0.4, 0.5) is 10.5 Å². The highest BCUT2D eigenvalue weighted by molar-refractivity contribution is 7.86. The number of carbonyl (C=O) groups is 1. The van der Waals surface area contributed by atoms with Crippen molar-refractivity contribution in [3.8, 4) is 28.7 Å². The summed E-state index contributed by atoms with van der Waals surface area (Å²) in [5.41, 5.74) is 1.08. The fourth-order valence-electron chi connectivity index (χ4n) is 4.41. The van der Waals surface area contributed by atoms with E-state index in [1.807, 2.05) is 6.07 Å². The molecule has 0 bridgehead atoms. The van der Waals surface area contributed by atoms with Crippen molar-refractivity contribution in [2.24, 2.45) is 11.1 Å². The lowest BCUT2D eigenvalue weighted by Gasteiger charge is -2.29. The van der Waals surface area contributed by atoms with Gasteiger partial charge in [-0.2, -0.15) is 22.9 Å². The molecule has 0 spiro atoms. The second-order valence-corrected chi connectivity index (χ2v) is 10.9. The molecule has 0 saturated carbocycles. The molecule has 2 heterocycles. The van der Waals surface area contributed by atoms with Gasteiger partial charge in [0, 0.05) is 24.8 Å². The second-order valence-electron chi connectivity index (χ2n) is 9.38. The van der Waals surface area contributed by atoms with Crippen LogP contribution in [0.15, 0.2) is 72.9 Å². The number of amides is 1. The third-order valence-electron chi connectivity index (χ3n) is 6.58. The lowest BCUT2D eigenvalue weighted by Crippen LogP contribution is -2.43. The number of fused-ring (bicyclic) bond motifs is 1. The Bertz CT molecular complexity index is 1610. The largest absolute Gasteiger partial charge is 0.493 e. The molecule has 3 aromatic carbocycles. The Labute approximate surface area is 237 Å². The van der Waals surface area contributed by atoms with Crippen LogP contribution in [0, 0.1) is 5.92 Å². The minimum Gasteiger partial charge on any atom is -0.493 e. The molecule has 3 N–H and O–H groups in total. The van der Waals surface area contributed by atoms with E-state index in [2.05, 4.69) is 15.5 Å². The van der Waals surface area contributed by atoms with Crippen LogP contribution in [0.5, 0.6) is 28.7 Å². The van der Waals surface area contributed by atoms with Gasteiger partial charge in [0.15, 0.2) is 17.2 Å². The molecule has 1 aliphatic heterocycles. The Morgan fingerprint density at radius 3 is 2.41 bits per heavy atom. The first kappa shape index (κ1) is 28.1. The van der Waals surface area contributed by atoms with Gasteiger partial charge in [0.1, 0.15) is 17.0 Å². The number of nitrogens with two attached hydrogens (primary N) is 1. The number of nitrogens with one attached hydrogen (secondary N) is 1. The van der Waals surface area contributed by atoms with Crippen molar-refractivity contribution in [3.63, 3.8) is 0 Å². The predicted octanol–water partition coefficient (Wildman–Crippen LogP) is 4.34. The summed E-state index contributed by atoms with van der Waals surface area (Å²) in [5.74, 6) is 2.58. The first-order chi connectivity index (χ1) is 19.8. The van der Waals surface area contributed by atoms with Gasteiger partial charge in [0.05, 0.1) is 25.3 Å². The Morgan fingerprint density at radius 2 is 1.73 bits per heavy atom. The molecule has 214 valence electrons. The van der Waals surface area contributed by atoms with Crippen LogP contribution >= 0.6 is 0 Å². The Balaban J connectivity index is 1.23. The molecule has 13 heteroatoms. The molecular formula is C28H29N5O7S. The van der Waals surface area contributed by atoms with Gasteiger partial charge >= 0.3 is 6.09 Å². The van der Waals surface area contributed by atoms with Gasteiger partial charge in [-0.15, -0.1) is 0 Å². The quantitative estimate of drug-likeness (QED) is 0.295. The van der Waals surface area contributed by atoms with E-state index in [0.29, 0.717) is 77.9 Å². The molecule has 4 aromatic rings. The van der Waals surface area contributed by atoms with Crippen molar-refractivity contribution in [2.75, 3.05) is 32.1 Å². The molecule has 1 saturated heterocycles. The van der Waals surface area contributed by atoms with Gasteiger partial charge < -0.3 is 18.9 Å².